The van der Waals surface area contributed by atoms with Gasteiger partial charge in [0.15, 0.2) is 5.75 Å². The maximum Gasteiger partial charge on any atom is 0.161 e. The van der Waals surface area contributed by atoms with Gasteiger partial charge in [-0.1, -0.05) is 0 Å². The first-order valence-electron chi connectivity index (χ1n) is 7.56. The number of hydrogen-bond acceptors (Lipinski definition) is 4. The summed E-state index contributed by atoms with van der Waals surface area (Å²) in [5.41, 5.74) is 9.12. The average Bonchev–Trinajstić information content (AvgIpc) is 3.11. The van der Waals surface area contributed by atoms with E-state index in [1.165, 1.54) is 23.3 Å². The summed E-state index contributed by atoms with van der Waals surface area (Å²) in [7, 11) is 1.69. The van der Waals surface area contributed by atoms with Crippen LogP contribution in [0.3, 0.4) is 0 Å². The Morgan fingerprint density at radius 3 is 3.00 bits per heavy atom. The summed E-state index contributed by atoms with van der Waals surface area (Å²) in [4.78, 5) is 1.50. The van der Waals surface area contributed by atoms with Crippen LogP contribution >= 0.6 is 11.3 Å². The fraction of sp³-hybridized carbons (Fsp3) is 0.562. The molecule has 3 rings (SSSR count). The number of methoxy groups -OCH3 is 1. The first kappa shape index (κ1) is 14.6. The van der Waals surface area contributed by atoms with Gasteiger partial charge in [0.05, 0.1) is 25.0 Å². The van der Waals surface area contributed by atoms with Gasteiger partial charge in [0.1, 0.15) is 0 Å². The average molecular weight is 305 g/mol. The Morgan fingerprint density at radius 2 is 2.29 bits per heavy atom. The predicted octanol–water partition coefficient (Wildman–Crippen LogP) is 3.65. The Labute approximate surface area is 129 Å². The highest BCUT2D eigenvalue weighted by Gasteiger charge is 2.32. The van der Waals surface area contributed by atoms with Crippen LogP contribution < -0.4 is 10.5 Å². The van der Waals surface area contributed by atoms with Crippen molar-refractivity contribution < 1.29 is 4.74 Å². The summed E-state index contributed by atoms with van der Waals surface area (Å²) in [6.45, 7) is 4.25. The van der Waals surface area contributed by atoms with Gasteiger partial charge in [0.2, 0.25) is 0 Å². The van der Waals surface area contributed by atoms with E-state index in [9.17, 15) is 0 Å². The number of aromatic nitrogens is 2. The Kier molecular flexibility index (Phi) is 4.04. The van der Waals surface area contributed by atoms with Gasteiger partial charge in [0, 0.05) is 16.8 Å². The molecule has 21 heavy (non-hydrogen) atoms. The van der Waals surface area contributed by atoms with Crippen molar-refractivity contribution in [3.63, 3.8) is 0 Å². The monoisotopic (exact) mass is 305 g/mol. The molecule has 2 aromatic heterocycles. The van der Waals surface area contributed by atoms with Crippen molar-refractivity contribution >= 4 is 11.3 Å². The minimum atomic E-state index is -0.0708. The first-order chi connectivity index (χ1) is 10.1. The van der Waals surface area contributed by atoms with E-state index in [0.29, 0.717) is 5.92 Å². The van der Waals surface area contributed by atoms with Crippen LogP contribution in [0.1, 0.15) is 60.8 Å². The fourth-order valence-electron chi connectivity index (χ4n) is 3.33. The molecule has 114 valence electrons. The molecule has 0 spiro atoms. The van der Waals surface area contributed by atoms with E-state index < -0.39 is 0 Å². The van der Waals surface area contributed by atoms with Crippen molar-refractivity contribution in [3.05, 3.63) is 33.8 Å². The van der Waals surface area contributed by atoms with Gasteiger partial charge < -0.3 is 10.5 Å². The molecule has 0 aromatic carbocycles. The number of nitrogens with two attached hydrogens (primary N) is 1. The molecule has 4 nitrogen and oxygen atoms in total. The van der Waals surface area contributed by atoms with E-state index in [2.05, 4.69) is 30.4 Å². The summed E-state index contributed by atoms with van der Waals surface area (Å²) in [6.07, 6.45) is 5.32. The lowest BCUT2D eigenvalue weighted by Crippen LogP contribution is -2.26. The number of aryl methyl sites for hydroxylation is 1. The molecule has 5 heteroatoms. The molecule has 0 radical (unpaired) electrons. The van der Waals surface area contributed by atoms with Crippen molar-refractivity contribution in [2.75, 3.05) is 7.11 Å². The fourth-order valence-corrected chi connectivity index (χ4v) is 4.32. The van der Waals surface area contributed by atoms with E-state index in [1.807, 2.05) is 16.0 Å². The summed E-state index contributed by atoms with van der Waals surface area (Å²) in [5.74, 6) is 1.17. The topological polar surface area (TPSA) is 53.1 Å². The molecule has 0 aliphatic heterocycles. The van der Waals surface area contributed by atoms with Crippen molar-refractivity contribution in [3.8, 4) is 5.75 Å². The number of hydrogen-bond donors (Lipinski definition) is 1. The van der Waals surface area contributed by atoms with E-state index in [1.54, 1.807) is 13.3 Å². The quantitative estimate of drug-likeness (QED) is 0.938. The smallest absolute Gasteiger partial charge is 0.161 e. The van der Waals surface area contributed by atoms with Crippen LogP contribution in [0, 0.1) is 0 Å². The van der Waals surface area contributed by atoms with Gasteiger partial charge in [-0.05, 0) is 50.1 Å². The maximum absolute atomic E-state index is 6.67. The molecule has 2 N–H and O–H groups in total. The van der Waals surface area contributed by atoms with Crippen LogP contribution in [-0.2, 0) is 6.42 Å². The predicted molar refractivity (Wildman–Crippen MR) is 86.1 cm³/mol. The molecule has 0 amide bonds. The molecule has 0 fully saturated rings. The van der Waals surface area contributed by atoms with E-state index in [-0.39, 0.29) is 12.1 Å². The SMILES string of the molecule is COc1cnn(C(C)C)c1C(N)C1CCCc2sccc21. The highest BCUT2D eigenvalue weighted by atomic mass is 32.1. The van der Waals surface area contributed by atoms with Gasteiger partial charge in [-0.25, -0.2) is 0 Å². The number of nitrogens with zero attached hydrogens (tertiary/aromatic N) is 2. The van der Waals surface area contributed by atoms with Crippen LogP contribution in [0.4, 0.5) is 0 Å². The Bertz CT molecular complexity index is 617. The molecule has 1 aliphatic rings. The molecule has 0 saturated heterocycles. The lowest BCUT2D eigenvalue weighted by Gasteiger charge is -2.29. The second-order valence-electron chi connectivity index (χ2n) is 5.96. The van der Waals surface area contributed by atoms with E-state index in [4.69, 9.17) is 10.5 Å². The number of thiophene rings is 1. The molecule has 2 unspecified atom stereocenters. The third kappa shape index (κ3) is 2.49. The minimum absolute atomic E-state index is 0.0708. The maximum atomic E-state index is 6.67. The zero-order valence-electron chi connectivity index (χ0n) is 12.9. The summed E-state index contributed by atoms with van der Waals surface area (Å²) in [5, 5.41) is 6.65. The van der Waals surface area contributed by atoms with E-state index in [0.717, 1.165) is 17.9 Å². The van der Waals surface area contributed by atoms with Gasteiger partial charge in [0.25, 0.3) is 0 Å². The Balaban J connectivity index is 2.00. The van der Waals surface area contributed by atoms with E-state index >= 15 is 0 Å². The zero-order valence-corrected chi connectivity index (χ0v) is 13.7. The lowest BCUT2D eigenvalue weighted by molar-refractivity contribution is 0.378. The largest absolute Gasteiger partial charge is 0.493 e. The molecular formula is C16H23N3OS. The summed E-state index contributed by atoms with van der Waals surface area (Å²) in [6, 6.07) is 2.45. The normalized spacial score (nSPS) is 19.6. The van der Waals surface area contributed by atoms with Gasteiger partial charge in [-0.3, -0.25) is 4.68 Å². The third-order valence-electron chi connectivity index (χ3n) is 4.36. The molecule has 0 bridgehead atoms. The van der Waals surface area contributed by atoms with Gasteiger partial charge in [-0.2, -0.15) is 5.10 Å². The standard InChI is InChI=1S/C16H23N3OS/c1-10(2)19-16(13(20-3)9-18-19)15(17)12-5-4-6-14-11(12)7-8-21-14/h7-10,12,15H,4-6,17H2,1-3H3. The highest BCUT2D eigenvalue weighted by molar-refractivity contribution is 7.10. The third-order valence-corrected chi connectivity index (χ3v) is 5.35. The number of fused-ring (bicyclic) bond motifs is 1. The Morgan fingerprint density at radius 1 is 1.48 bits per heavy atom. The number of rotatable bonds is 4. The second kappa shape index (κ2) is 5.81. The van der Waals surface area contributed by atoms with Crippen LogP contribution in [0.2, 0.25) is 0 Å². The molecule has 2 heterocycles. The lowest BCUT2D eigenvalue weighted by atomic mass is 9.81. The molecule has 0 saturated carbocycles. The molecule has 2 atom stereocenters. The molecule has 1 aliphatic carbocycles. The van der Waals surface area contributed by atoms with Crippen molar-refractivity contribution in [1.29, 1.82) is 0 Å². The van der Waals surface area contributed by atoms with Crippen molar-refractivity contribution in [2.45, 2.75) is 51.1 Å². The number of ether oxygens (including phenoxy) is 1. The van der Waals surface area contributed by atoms with Crippen LogP contribution in [0.15, 0.2) is 17.6 Å². The van der Waals surface area contributed by atoms with Crippen molar-refractivity contribution in [1.82, 2.24) is 9.78 Å². The summed E-state index contributed by atoms with van der Waals surface area (Å²) >= 11 is 1.85. The first-order valence-corrected chi connectivity index (χ1v) is 8.44. The summed E-state index contributed by atoms with van der Waals surface area (Å²) < 4.78 is 7.50. The second-order valence-corrected chi connectivity index (χ2v) is 6.96. The molecular weight excluding hydrogens is 282 g/mol. The highest BCUT2D eigenvalue weighted by Crippen LogP contribution is 2.43. The zero-order chi connectivity index (χ0) is 15.0. The van der Waals surface area contributed by atoms with Crippen LogP contribution in [0.5, 0.6) is 5.75 Å². The van der Waals surface area contributed by atoms with Crippen LogP contribution in [0.25, 0.3) is 0 Å². The molecule has 2 aromatic rings. The minimum Gasteiger partial charge on any atom is -0.493 e. The van der Waals surface area contributed by atoms with Crippen molar-refractivity contribution in [2.24, 2.45) is 5.73 Å². The van der Waals surface area contributed by atoms with Crippen LogP contribution in [-0.4, -0.2) is 16.9 Å². The Hall–Kier alpha value is -1.33. The van der Waals surface area contributed by atoms with Gasteiger partial charge in [-0.15, -0.1) is 11.3 Å². The van der Waals surface area contributed by atoms with Gasteiger partial charge >= 0.3 is 0 Å².